The molecule has 1 N–H and O–H groups in total. The maximum atomic E-state index is 13.2. The number of para-hydroxylation sites is 1. The van der Waals surface area contributed by atoms with Crippen LogP contribution in [0.2, 0.25) is 0 Å². The summed E-state index contributed by atoms with van der Waals surface area (Å²) in [5.74, 6) is 0.802. The van der Waals surface area contributed by atoms with E-state index < -0.39 is 6.10 Å². The molecular formula is C27H16N2O2S3. The van der Waals surface area contributed by atoms with Gasteiger partial charge >= 0.3 is 0 Å². The lowest BCUT2D eigenvalue weighted by molar-refractivity contribution is 0.102. The van der Waals surface area contributed by atoms with E-state index in [1.807, 2.05) is 60.1 Å². The third-order valence-electron chi connectivity index (χ3n) is 6.14. The highest BCUT2D eigenvalue weighted by Crippen LogP contribution is 2.51. The summed E-state index contributed by atoms with van der Waals surface area (Å²) >= 11 is 4.91. The number of carbonyl (C=O) groups excluding carboxylic acids is 1. The van der Waals surface area contributed by atoms with Crippen molar-refractivity contribution in [1.82, 2.24) is 4.98 Å². The molecule has 0 spiro atoms. The summed E-state index contributed by atoms with van der Waals surface area (Å²) in [4.78, 5) is 23.2. The van der Waals surface area contributed by atoms with E-state index in [0.717, 1.165) is 36.4 Å². The summed E-state index contributed by atoms with van der Waals surface area (Å²) < 4.78 is 1.06. The van der Waals surface area contributed by atoms with Crippen molar-refractivity contribution in [2.45, 2.75) is 15.9 Å². The zero-order chi connectivity index (χ0) is 22.8. The van der Waals surface area contributed by atoms with E-state index in [2.05, 4.69) is 34.1 Å². The normalized spacial score (nSPS) is 17.8. The average Bonchev–Trinajstić information content (AvgIpc) is 3.57. The molecule has 1 unspecified atom stereocenters. The number of aliphatic hydroxyl groups is 1. The van der Waals surface area contributed by atoms with E-state index in [1.54, 1.807) is 34.4 Å². The van der Waals surface area contributed by atoms with Crippen LogP contribution in [0.1, 0.15) is 26.9 Å². The van der Waals surface area contributed by atoms with Crippen LogP contribution in [0.5, 0.6) is 0 Å². The zero-order valence-corrected chi connectivity index (χ0v) is 20.1. The van der Waals surface area contributed by atoms with Crippen LogP contribution in [-0.2, 0) is 0 Å². The Morgan fingerprint density at radius 3 is 2.82 bits per heavy atom. The first kappa shape index (κ1) is 20.2. The van der Waals surface area contributed by atoms with Crippen molar-refractivity contribution in [1.29, 1.82) is 0 Å². The summed E-state index contributed by atoms with van der Waals surface area (Å²) in [7, 11) is 0. The number of nitrogens with zero attached hydrogens (tertiary/aromatic N) is 2. The van der Waals surface area contributed by atoms with Gasteiger partial charge in [0.2, 0.25) is 0 Å². The van der Waals surface area contributed by atoms with Gasteiger partial charge in [-0.1, -0.05) is 23.9 Å². The van der Waals surface area contributed by atoms with E-state index in [1.165, 1.54) is 4.90 Å². The van der Waals surface area contributed by atoms with Crippen molar-refractivity contribution in [2.24, 2.45) is 0 Å². The lowest BCUT2D eigenvalue weighted by Gasteiger charge is -2.30. The lowest BCUT2D eigenvalue weighted by Crippen LogP contribution is -2.14. The molecule has 0 amide bonds. The number of Topliss-reactive ketones (excluding diaryl/α,β-unsaturated/α-hetero) is 1. The quantitative estimate of drug-likeness (QED) is 0.250. The number of carbonyl (C=O) groups is 1. The van der Waals surface area contributed by atoms with Gasteiger partial charge < -0.3 is 5.11 Å². The second-order valence-electron chi connectivity index (χ2n) is 8.14. The van der Waals surface area contributed by atoms with E-state index in [0.29, 0.717) is 16.7 Å². The Morgan fingerprint density at radius 2 is 1.88 bits per heavy atom. The number of thiophene rings is 2. The van der Waals surface area contributed by atoms with Gasteiger partial charge in [-0.05, 0) is 77.0 Å². The molecule has 0 saturated heterocycles. The van der Waals surface area contributed by atoms with Crippen molar-refractivity contribution >= 4 is 72.9 Å². The molecule has 1 aliphatic heterocycles. The van der Waals surface area contributed by atoms with Gasteiger partial charge in [0, 0.05) is 31.8 Å². The molecular weight excluding hydrogens is 481 g/mol. The van der Waals surface area contributed by atoms with Gasteiger partial charge in [-0.2, -0.15) is 0 Å². The van der Waals surface area contributed by atoms with Gasteiger partial charge in [-0.15, -0.1) is 22.7 Å². The number of anilines is 3. The number of benzene rings is 2. The fraction of sp³-hybridized carbons (Fsp3) is 0.0370. The predicted molar refractivity (Wildman–Crippen MR) is 140 cm³/mol. The molecule has 0 radical (unpaired) electrons. The summed E-state index contributed by atoms with van der Waals surface area (Å²) in [6.07, 6.45) is 2.73. The standard InChI is InChI=1S/C27H16N2O2S3/c30-25-17-12-15-9-11-32-23(15)14-18(17)26(31)19(25)13-16-7-8-24(33-16)29-20-4-1-2-5-21(20)34-22-6-3-10-28-27(22)29/h1-14,25,30H/b19-13+. The molecule has 0 saturated carbocycles. The number of aromatic nitrogens is 1. The average molecular weight is 497 g/mol. The highest BCUT2D eigenvalue weighted by Gasteiger charge is 2.34. The molecule has 4 heterocycles. The van der Waals surface area contributed by atoms with Crippen molar-refractivity contribution in [2.75, 3.05) is 4.90 Å². The smallest absolute Gasteiger partial charge is 0.192 e. The number of aliphatic hydroxyl groups excluding tert-OH is 1. The largest absolute Gasteiger partial charge is 0.383 e. The van der Waals surface area contributed by atoms with Crippen LogP contribution < -0.4 is 4.90 Å². The minimum absolute atomic E-state index is 0.0977. The third kappa shape index (κ3) is 3.02. The maximum absolute atomic E-state index is 13.2. The van der Waals surface area contributed by atoms with Gasteiger partial charge in [0.05, 0.1) is 10.6 Å². The van der Waals surface area contributed by atoms with E-state index in [9.17, 15) is 9.90 Å². The molecule has 2 aromatic carbocycles. The molecule has 164 valence electrons. The molecule has 5 aromatic rings. The Labute approximate surface area is 207 Å². The Kier molecular flexibility index (Phi) is 4.54. The molecule has 1 aliphatic carbocycles. The van der Waals surface area contributed by atoms with Crippen LogP contribution >= 0.6 is 34.4 Å². The van der Waals surface area contributed by atoms with Crippen LogP contribution in [0, 0.1) is 0 Å². The first-order chi connectivity index (χ1) is 16.7. The monoisotopic (exact) mass is 496 g/mol. The van der Waals surface area contributed by atoms with Gasteiger partial charge in [-0.25, -0.2) is 4.98 Å². The summed E-state index contributed by atoms with van der Waals surface area (Å²) in [5, 5.41) is 15.1. The molecule has 2 aliphatic rings. The molecule has 34 heavy (non-hydrogen) atoms. The highest BCUT2D eigenvalue weighted by molar-refractivity contribution is 7.99. The van der Waals surface area contributed by atoms with Crippen molar-refractivity contribution in [3.05, 3.63) is 99.9 Å². The van der Waals surface area contributed by atoms with Gasteiger partial charge in [0.1, 0.15) is 11.1 Å². The Morgan fingerprint density at radius 1 is 1.00 bits per heavy atom. The second-order valence-corrected chi connectivity index (χ2v) is 11.3. The topological polar surface area (TPSA) is 53.4 Å². The van der Waals surface area contributed by atoms with E-state index >= 15 is 0 Å². The maximum Gasteiger partial charge on any atom is 0.192 e. The molecule has 1 atom stereocenters. The minimum Gasteiger partial charge on any atom is -0.383 e. The number of pyridine rings is 1. The molecule has 7 heteroatoms. The van der Waals surface area contributed by atoms with Crippen LogP contribution in [-0.4, -0.2) is 15.9 Å². The van der Waals surface area contributed by atoms with Crippen LogP contribution in [0.3, 0.4) is 0 Å². The molecule has 4 nitrogen and oxygen atoms in total. The minimum atomic E-state index is -0.910. The van der Waals surface area contributed by atoms with E-state index in [-0.39, 0.29) is 5.78 Å². The number of hydrogen-bond donors (Lipinski definition) is 1. The van der Waals surface area contributed by atoms with Crippen molar-refractivity contribution in [3.63, 3.8) is 0 Å². The first-order valence-electron chi connectivity index (χ1n) is 10.7. The number of fused-ring (bicyclic) bond motifs is 4. The fourth-order valence-electron chi connectivity index (χ4n) is 4.55. The Hall–Kier alpha value is -3.23. The van der Waals surface area contributed by atoms with Gasteiger partial charge in [-0.3, -0.25) is 9.69 Å². The fourth-order valence-corrected chi connectivity index (χ4v) is 7.36. The third-order valence-corrected chi connectivity index (χ3v) is 9.14. The number of rotatable bonds is 2. The molecule has 7 rings (SSSR count). The Bertz CT molecular complexity index is 1600. The lowest BCUT2D eigenvalue weighted by atomic mass is 10.1. The first-order valence-corrected chi connectivity index (χ1v) is 13.3. The van der Waals surface area contributed by atoms with Crippen molar-refractivity contribution < 1.29 is 9.90 Å². The van der Waals surface area contributed by atoms with Gasteiger partial charge in [0.25, 0.3) is 0 Å². The van der Waals surface area contributed by atoms with Crippen LogP contribution in [0.25, 0.3) is 16.2 Å². The summed E-state index contributed by atoms with van der Waals surface area (Å²) in [6.45, 7) is 0. The SMILES string of the molecule is O=C1/C(=C/c2ccc(N3c4ccccc4Sc4cccnc43)s2)C(O)c2cc3ccsc3cc21. The summed E-state index contributed by atoms with van der Waals surface area (Å²) in [6, 6.07) is 22.3. The predicted octanol–water partition coefficient (Wildman–Crippen LogP) is 7.61. The van der Waals surface area contributed by atoms with E-state index in [4.69, 9.17) is 0 Å². The highest BCUT2D eigenvalue weighted by atomic mass is 32.2. The molecule has 0 fully saturated rings. The molecule has 0 bridgehead atoms. The zero-order valence-electron chi connectivity index (χ0n) is 17.6. The van der Waals surface area contributed by atoms with Crippen LogP contribution in [0.15, 0.2) is 93.7 Å². The van der Waals surface area contributed by atoms with Crippen molar-refractivity contribution in [3.8, 4) is 0 Å². The Balaban J connectivity index is 1.29. The van der Waals surface area contributed by atoms with Crippen LogP contribution in [0.4, 0.5) is 16.5 Å². The molecule has 3 aromatic heterocycles. The number of hydrogen-bond acceptors (Lipinski definition) is 7. The second kappa shape index (κ2) is 7.65. The van der Waals surface area contributed by atoms with Gasteiger partial charge in [0.15, 0.2) is 11.6 Å². The summed E-state index contributed by atoms with van der Waals surface area (Å²) in [5.41, 5.74) is 2.81. The number of ketones is 1.